The van der Waals surface area contributed by atoms with Gasteiger partial charge in [-0.05, 0) is 51.0 Å². The molecule has 35 heavy (non-hydrogen) atoms. The van der Waals surface area contributed by atoms with Gasteiger partial charge in [-0.15, -0.1) is 0 Å². The summed E-state index contributed by atoms with van der Waals surface area (Å²) in [7, 11) is 0. The molecule has 14 heteroatoms. The first kappa shape index (κ1) is 32.4. The van der Waals surface area contributed by atoms with Crippen LogP contribution in [-0.4, -0.2) is 77.8 Å². The lowest BCUT2D eigenvalue weighted by molar-refractivity contribution is -0.142. The molecule has 4 unspecified atom stereocenters. The van der Waals surface area contributed by atoms with Gasteiger partial charge in [0.05, 0.1) is 6.04 Å². The second kappa shape index (κ2) is 17.8. The fourth-order valence-electron chi connectivity index (χ4n) is 3.13. The van der Waals surface area contributed by atoms with Crippen molar-refractivity contribution in [3.63, 3.8) is 0 Å². The summed E-state index contributed by atoms with van der Waals surface area (Å²) in [6.45, 7) is 4.37. The van der Waals surface area contributed by atoms with E-state index < -0.39 is 47.9 Å². The largest absolute Gasteiger partial charge is 0.480 e. The Morgan fingerprint density at radius 2 is 1.43 bits per heavy atom. The Labute approximate surface area is 212 Å². The molecule has 0 aliphatic rings. The zero-order valence-electron chi connectivity index (χ0n) is 20.5. The van der Waals surface area contributed by atoms with Gasteiger partial charge in [0.2, 0.25) is 17.7 Å². The van der Waals surface area contributed by atoms with E-state index >= 15 is 0 Å². The molecular weight excluding hydrogens is 476 g/mol. The number of nitrogens with zero attached hydrogens (tertiary/aromatic N) is 1. The van der Waals surface area contributed by atoms with Crippen LogP contribution in [-0.2, 0) is 19.2 Å². The normalized spacial score (nSPS) is 14.3. The summed E-state index contributed by atoms with van der Waals surface area (Å²) < 4.78 is 0. The van der Waals surface area contributed by atoms with Crippen LogP contribution in [0.1, 0.15) is 52.4 Å². The topological polar surface area (TPSA) is 241 Å². The Bertz CT molecular complexity index is 718. The van der Waals surface area contributed by atoms with Gasteiger partial charge in [-0.1, -0.05) is 13.8 Å². The number of carbonyl (C=O) groups is 4. The highest BCUT2D eigenvalue weighted by Gasteiger charge is 2.30. The molecule has 0 bridgehead atoms. The average molecular weight is 519 g/mol. The van der Waals surface area contributed by atoms with Gasteiger partial charge in [0, 0.05) is 12.3 Å². The predicted octanol–water partition coefficient (Wildman–Crippen LogP) is -1.99. The number of carboxylic acid groups (broad SMARTS) is 1. The molecular formula is C21H42N8O5S. The summed E-state index contributed by atoms with van der Waals surface area (Å²) in [5.41, 5.74) is 21.7. The first-order valence-electron chi connectivity index (χ1n) is 11.7. The standard InChI is InChI=1S/C21H42N8O5S/c1-12(2)10-16(19(32)28-15(20(33)34)7-5-9-26-21(24)25)29-18(31)14(6-3-4-8-22)27-17(30)13(23)11-35/h12-16,35H,3-11,22-23H2,1-2H3,(H,27,30)(H,28,32)(H,29,31)(H,33,34)(H4,24,25,26). The van der Waals surface area contributed by atoms with Crippen LogP contribution in [0.5, 0.6) is 0 Å². The molecule has 4 atom stereocenters. The van der Waals surface area contributed by atoms with E-state index in [9.17, 15) is 24.3 Å². The van der Waals surface area contributed by atoms with E-state index in [0.717, 1.165) is 0 Å². The number of aliphatic imine (C=N–C) groups is 1. The number of amides is 3. The van der Waals surface area contributed by atoms with Gasteiger partial charge < -0.3 is 44.0 Å². The highest BCUT2D eigenvalue weighted by molar-refractivity contribution is 7.80. The Kier molecular flexibility index (Phi) is 16.5. The first-order valence-corrected chi connectivity index (χ1v) is 12.3. The van der Waals surface area contributed by atoms with Crippen molar-refractivity contribution in [1.82, 2.24) is 16.0 Å². The quantitative estimate of drug-likeness (QED) is 0.0421. The van der Waals surface area contributed by atoms with E-state index in [1.54, 1.807) is 0 Å². The van der Waals surface area contributed by atoms with Crippen molar-refractivity contribution in [2.75, 3.05) is 18.8 Å². The fraction of sp³-hybridized carbons (Fsp3) is 0.762. The second-order valence-corrected chi connectivity index (χ2v) is 9.04. The Morgan fingerprint density at radius 3 is 1.94 bits per heavy atom. The van der Waals surface area contributed by atoms with E-state index in [-0.39, 0.29) is 37.0 Å². The van der Waals surface area contributed by atoms with Gasteiger partial charge in [-0.2, -0.15) is 12.6 Å². The van der Waals surface area contributed by atoms with Crippen molar-refractivity contribution in [1.29, 1.82) is 0 Å². The van der Waals surface area contributed by atoms with Crippen LogP contribution in [0.15, 0.2) is 4.99 Å². The van der Waals surface area contributed by atoms with Crippen LogP contribution in [0.25, 0.3) is 0 Å². The molecule has 0 aromatic rings. The number of nitrogens with two attached hydrogens (primary N) is 4. The lowest BCUT2D eigenvalue weighted by Gasteiger charge is -2.26. The third-order valence-electron chi connectivity index (χ3n) is 5.01. The number of hydrogen-bond acceptors (Lipinski definition) is 8. The van der Waals surface area contributed by atoms with Gasteiger partial charge >= 0.3 is 5.97 Å². The molecule has 0 saturated carbocycles. The molecule has 12 N–H and O–H groups in total. The third-order valence-corrected chi connectivity index (χ3v) is 5.41. The molecule has 0 spiro atoms. The predicted molar refractivity (Wildman–Crippen MR) is 138 cm³/mol. The summed E-state index contributed by atoms with van der Waals surface area (Å²) in [5, 5.41) is 17.2. The Balaban J connectivity index is 5.41. The smallest absolute Gasteiger partial charge is 0.326 e. The molecule has 0 aliphatic carbocycles. The molecule has 0 heterocycles. The fourth-order valence-corrected chi connectivity index (χ4v) is 3.30. The molecule has 202 valence electrons. The average Bonchev–Trinajstić information content (AvgIpc) is 2.78. The van der Waals surface area contributed by atoms with Gasteiger partial charge in [-0.25, -0.2) is 4.79 Å². The zero-order chi connectivity index (χ0) is 27.0. The SMILES string of the molecule is CC(C)CC(NC(=O)C(CCCCN)NC(=O)C(N)CS)C(=O)NC(CCCN=C(N)N)C(=O)O. The summed E-state index contributed by atoms with van der Waals surface area (Å²) >= 11 is 4.00. The number of guanidine groups is 1. The Morgan fingerprint density at radius 1 is 0.886 bits per heavy atom. The van der Waals surface area contributed by atoms with Crippen LogP contribution in [0.4, 0.5) is 0 Å². The molecule has 0 aliphatic heterocycles. The minimum atomic E-state index is -1.22. The van der Waals surface area contributed by atoms with Crippen LogP contribution in [0.2, 0.25) is 0 Å². The minimum absolute atomic E-state index is 0.0130. The van der Waals surface area contributed by atoms with Crippen LogP contribution < -0.4 is 38.9 Å². The maximum absolute atomic E-state index is 13.0. The maximum atomic E-state index is 13.0. The molecule has 0 rings (SSSR count). The van der Waals surface area contributed by atoms with E-state index in [2.05, 4.69) is 33.6 Å². The number of carbonyl (C=O) groups excluding carboxylic acids is 3. The van der Waals surface area contributed by atoms with Gasteiger partial charge in [0.1, 0.15) is 18.1 Å². The molecule has 0 saturated heterocycles. The van der Waals surface area contributed by atoms with E-state index in [1.165, 1.54) is 0 Å². The Hall–Kier alpha value is -2.58. The van der Waals surface area contributed by atoms with Crippen molar-refractivity contribution in [2.24, 2.45) is 33.8 Å². The number of thiol groups is 1. The van der Waals surface area contributed by atoms with Gasteiger partial charge in [0.25, 0.3) is 0 Å². The molecule has 3 amide bonds. The summed E-state index contributed by atoms with van der Waals surface area (Å²) in [4.78, 5) is 53.6. The van der Waals surface area contributed by atoms with Crippen LogP contribution in [0, 0.1) is 5.92 Å². The highest BCUT2D eigenvalue weighted by atomic mass is 32.1. The molecule has 0 radical (unpaired) electrons. The van der Waals surface area contributed by atoms with Crippen molar-refractivity contribution < 1.29 is 24.3 Å². The second-order valence-electron chi connectivity index (χ2n) is 8.67. The van der Waals surface area contributed by atoms with Crippen molar-refractivity contribution in [3.8, 4) is 0 Å². The number of hydrogen-bond donors (Lipinski definition) is 9. The van der Waals surface area contributed by atoms with Crippen molar-refractivity contribution in [3.05, 3.63) is 0 Å². The van der Waals surface area contributed by atoms with E-state index in [0.29, 0.717) is 32.2 Å². The van der Waals surface area contributed by atoms with Gasteiger partial charge in [0.15, 0.2) is 5.96 Å². The summed E-state index contributed by atoms with van der Waals surface area (Å²) in [5.74, 6) is -2.96. The first-order chi connectivity index (χ1) is 16.4. The lowest BCUT2D eigenvalue weighted by Crippen LogP contribution is -2.57. The lowest BCUT2D eigenvalue weighted by atomic mass is 10.0. The summed E-state index contributed by atoms with van der Waals surface area (Å²) in [6.07, 6.45) is 2.21. The molecule has 0 aromatic heterocycles. The highest BCUT2D eigenvalue weighted by Crippen LogP contribution is 2.09. The zero-order valence-corrected chi connectivity index (χ0v) is 21.4. The van der Waals surface area contributed by atoms with Crippen LogP contribution >= 0.6 is 12.6 Å². The van der Waals surface area contributed by atoms with Gasteiger partial charge in [-0.3, -0.25) is 19.4 Å². The number of nitrogens with one attached hydrogen (secondary N) is 3. The maximum Gasteiger partial charge on any atom is 0.326 e. The molecule has 0 aromatic carbocycles. The van der Waals surface area contributed by atoms with Crippen LogP contribution in [0.3, 0.4) is 0 Å². The number of carboxylic acids is 1. The number of unbranched alkanes of at least 4 members (excludes halogenated alkanes) is 1. The van der Waals surface area contributed by atoms with E-state index in [4.69, 9.17) is 22.9 Å². The number of rotatable bonds is 18. The summed E-state index contributed by atoms with van der Waals surface area (Å²) in [6, 6.07) is -4.02. The monoisotopic (exact) mass is 518 g/mol. The third kappa shape index (κ3) is 14.4. The molecule has 0 fully saturated rings. The van der Waals surface area contributed by atoms with E-state index in [1.807, 2.05) is 13.8 Å². The van der Waals surface area contributed by atoms with Crippen molar-refractivity contribution in [2.45, 2.75) is 76.5 Å². The molecule has 13 nitrogen and oxygen atoms in total. The minimum Gasteiger partial charge on any atom is -0.480 e. The van der Waals surface area contributed by atoms with Crippen molar-refractivity contribution >= 4 is 42.3 Å². The number of aliphatic carboxylic acids is 1.